The number of esters is 1. The zero-order valence-electron chi connectivity index (χ0n) is 16.4. The van der Waals surface area contributed by atoms with Crippen LogP contribution in [0.1, 0.15) is 85.5 Å². The number of carbonyl (C=O) groups is 2. The monoisotopic (exact) mass is 346 g/mol. The normalized spacial score (nSPS) is 52.1. The Bertz CT molecular complexity index is 598. The highest BCUT2D eigenvalue weighted by atomic mass is 16.6. The lowest BCUT2D eigenvalue weighted by Gasteiger charge is -2.61. The molecule has 0 aromatic rings. The maximum atomic E-state index is 12.0. The van der Waals surface area contributed by atoms with E-state index in [4.69, 9.17) is 4.74 Å². The van der Waals surface area contributed by atoms with Gasteiger partial charge in [0, 0.05) is 25.2 Å². The highest BCUT2D eigenvalue weighted by molar-refractivity contribution is 5.79. The van der Waals surface area contributed by atoms with Gasteiger partial charge in [-0.3, -0.25) is 9.59 Å². The van der Waals surface area contributed by atoms with Crippen molar-refractivity contribution in [3.8, 4) is 0 Å². The van der Waals surface area contributed by atoms with E-state index in [2.05, 4.69) is 20.8 Å². The van der Waals surface area contributed by atoms with E-state index in [-0.39, 0.29) is 17.0 Å². The molecule has 0 saturated heterocycles. The Balaban J connectivity index is 1.62. The van der Waals surface area contributed by atoms with Crippen molar-refractivity contribution in [2.75, 3.05) is 0 Å². The van der Waals surface area contributed by atoms with E-state index in [1.807, 2.05) is 0 Å². The summed E-state index contributed by atoms with van der Waals surface area (Å²) in [7, 11) is 0. The molecule has 4 fully saturated rings. The van der Waals surface area contributed by atoms with Crippen molar-refractivity contribution in [2.45, 2.75) is 91.1 Å². The first-order valence-electron chi connectivity index (χ1n) is 10.4. The molecular formula is C22H34O3. The molecule has 4 saturated carbocycles. The topological polar surface area (TPSA) is 43.4 Å². The summed E-state index contributed by atoms with van der Waals surface area (Å²) in [6.45, 7) is 8.62. The van der Waals surface area contributed by atoms with Gasteiger partial charge >= 0.3 is 5.97 Å². The molecule has 0 spiro atoms. The largest absolute Gasteiger partial charge is 0.459 e. The molecule has 4 aliphatic carbocycles. The Hall–Kier alpha value is -0.860. The second-order valence-electron chi connectivity index (χ2n) is 10.2. The van der Waals surface area contributed by atoms with Crippen LogP contribution >= 0.6 is 0 Å². The minimum atomic E-state index is -0.297. The van der Waals surface area contributed by atoms with E-state index >= 15 is 0 Å². The van der Waals surface area contributed by atoms with Crippen LogP contribution in [0.2, 0.25) is 0 Å². The van der Waals surface area contributed by atoms with Crippen molar-refractivity contribution in [1.82, 2.24) is 0 Å². The molecule has 140 valence electrons. The molecule has 4 aliphatic rings. The van der Waals surface area contributed by atoms with Crippen LogP contribution in [-0.2, 0) is 14.3 Å². The summed E-state index contributed by atoms with van der Waals surface area (Å²) in [5.41, 5.74) is 0.181. The Morgan fingerprint density at radius 2 is 1.72 bits per heavy atom. The maximum absolute atomic E-state index is 12.0. The fourth-order valence-corrected chi connectivity index (χ4v) is 7.76. The van der Waals surface area contributed by atoms with E-state index in [0.29, 0.717) is 23.0 Å². The van der Waals surface area contributed by atoms with Crippen LogP contribution < -0.4 is 0 Å². The molecule has 0 N–H and O–H groups in total. The molecule has 25 heavy (non-hydrogen) atoms. The number of Topliss-reactive ketones (excluding diaryl/α,β-unsaturated/α-hetero) is 1. The molecule has 0 radical (unpaired) electrons. The summed E-state index contributed by atoms with van der Waals surface area (Å²) in [5, 5.41) is 0. The summed E-state index contributed by atoms with van der Waals surface area (Å²) < 4.78 is 5.91. The van der Waals surface area contributed by atoms with Crippen molar-refractivity contribution >= 4 is 11.8 Å². The molecule has 0 heterocycles. The Morgan fingerprint density at radius 3 is 2.44 bits per heavy atom. The predicted molar refractivity (Wildman–Crippen MR) is 96.9 cm³/mol. The molecule has 2 unspecified atom stereocenters. The number of carbonyl (C=O) groups excluding carboxylic acids is 2. The third kappa shape index (κ3) is 2.36. The molecule has 0 bridgehead atoms. The van der Waals surface area contributed by atoms with E-state index in [9.17, 15) is 9.59 Å². The highest BCUT2D eigenvalue weighted by Crippen LogP contribution is 2.68. The van der Waals surface area contributed by atoms with Gasteiger partial charge in [-0.15, -0.1) is 0 Å². The first-order chi connectivity index (χ1) is 11.7. The van der Waals surface area contributed by atoms with E-state index < -0.39 is 0 Å². The van der Waals surface area contributed by atoms with Crippen molar-refractivity contribution in [1.29, 1.82) is 0 Å². The lowest BCUT2D eigenvalue weighted by molar-refractivity contribution is -0.183. The summed E-state index contributed by atoms with van der Waals surface area (Å²) in [6.07, 6.45) is 9.83. The molecule has 0 aromatic heterocycles. The van der Waals surface area contributed by atoms with Crippen LogP contribution in [0.4, 0.5) is 0 Å². The Kier molecular flexibility index (Phi) is 3.91. The summed E-state index contributed by atoms with van der Waals surface area (Å²) >= 11 is 0. The minimum absolute atomic E-state index is 0.119. The predicted octanol–water partition coefficient (Wildman–Crippen LogP) is 4.92. The number of hydrogen-bond donors (Lipinski definition) is 0. The number of fused-ring (bicyclic) bond motifs is 5. The van der Waals surface area contributed by atoms with Crippen molar-refractivity contribution in [3.63, 3.8) is 0 Å². The van der Waals surface area contributed by atoms with E-state index in [0.717, 1.165) is 37.5 Å². The standard InChI is InChI=1S/C22H34O3/c1-14(23)25-22(4)12-9-19-17-6-5-15-13-16(24)7-10-20(15,2)18(17)8-11-21(19,22)3/h15,17-19H,5-13H2,1-4H3/t15-,17+,18?,19?,20-,21-,22-/m0/s1. The lowest BCUT2D eigenvalue weighted by Crippen LogP contribution is -2.56. The van der Waals surface area contributed by atoms with Gasteiger partial charge in [-0.25, -0.2) is 0 Å². The first kappa shape index (κ1) is 17.5. The summed E-state index contributed by atoms with van der Waals surface area (Å²) in [6, 6.07) is 0. The number of ether oxygens (including phenoxy) is 1. The van der Waals surface area contributed by atoms with Crippen LogP contribution in [0.25, 0.3) is 0 Å². The van der Waals surface area contributed by atoms with Crippen LogP contribution in [0.15, 0.2) is 0 Å². The SMILES string of the molecule is CC(=O)O[C@@]1(C)CCC2[C@@H]3CC[C@H]4CC(=O)CC[C@]4(C)C3CC[C@@]21C. The molecule has 0 aromatic carbocycles. The quantitative estimate of drug-likeness (QED) is 0.633. The molecule has 4 rings (SSSR count). The lowest BCUT2D eigenvalue weighted by atomic mass is 9.44. The van der Waals surface area contributed by atoms with E-state index in [1.54, 1.807) is 6.92 Å². The van der Waals surface area contributed by atoms with Crippen LogP contribution in [-0.4, -0.2) is 17.4 Å². The average molecular weight is 347 g/mol. The smallest absolute Gasteiger partial charge is 0.303 e. The van der Waals surface area contributed by atoms with Gasteiger partial charge in [0.1, 0.15) is 11.4 Å². The molecule has 0 aliphatic heterocycles. The highest BCUT2D eigenvalue weighted by Gasteiger charge is 2.64. The van der Waals surface area contributed by atoms with Gasteiger partial charge in [-0.05, 0) is 81.0 Å². The van der Waals surface area contributed by atoms with E-state index in [1.165, 1.54) is 32.1 Å². The third-order valence-corrected chi connectivity index (χ3v) is 9.38. The summed E-state index contributed by atoms with van der Waals surface area (Å²) in [5.74, 6) is 3.16. The third-order valence-electron chi connectivity index (χ3n) is 9.38. The second kappa shape index (κ2) is 5.57. The average Bonchev–Trinajstić information content (AvgIpc) is 2.79. The van der Waals surface area contributed by atoms with Gasteiger partial charge in [-0.2, -0.15) is 0 Å². The molecule has 7 atom stereocenters. The summed E-state index contributed by atoms with van der Waals surface area (Å²) in [4.78, 5) is 23.7. The van der Waals surface area contributed by atoms with Crippen molar-refractivity contribution in [2.24, 2.45) is 34.5 Å². The zero-order valence-corrected chi connectivity index (χ0v) is 16.4. The number of rotatable bonds is 1. The van der Waals surface area contributed by atoms with Gasteiger partial charge < -0.3 is 4.74 Å². The fraction of sp³-hybridized carbons (Fsp3) is 0.909. The van der Waals surface area contributed by atoms with Gasteiger partial charge in [0.15, 0.2) is 0 Å². The van der Waals surface area contributed by atoms with Crippen LogP contribution in [0.3, 0.4) is 0 Å². The van der Waals surface area contributed by atoms with Gasteiger partial charge in [0.25, 0.3) is 0 Å². The Labute approximate surface area is 152 Å². The van der Waals surface area contributed by atoms with Crippen LogP contribution in [0.5, 0.6) is 0 Å². The van der Waals surface area contributed by atoms with Gasteiger partial charge in [0.2, 0.25) is 0 Å². The van der Waals surface area contributed by atoms with Crippen LogP contribution in [0, 0.1) is 34.5 Å². The zero-order chi connectivity index (χ0) is 18.0. The molecular weight excluding hydrogens is 312 g/mol. The van der Waals surface area contributed by atoms with Crippen molar-refractivity contribution < 1.29 is 14.3 Å². The van der Waals surface area contributed by atoms with Gasteiger partial charge in [-0.1, -0.05) is 13.8 Å². The number of ketones is 1. The van der Waals surface area contributed by atoms with Gasteiger partial charge in [0.05, 0.1) is 0 Å². The molecule has 3 nitrogen and oxygen atoms in total. The minimum Gasteiger partial charge on any atom is -0.459 e. The number of hydrogen-bond acceptors (Lipinski definition) is 3. The second-order valence-corrected chi connectivity index (χ2v) is 10.2. The first-order valence-corrected chi connectivity index (χ1v) is 10.4. The Morgan fingerprint density at radius 1 is 1.00 bits per heavy atom. The maximum Gasteiger partial charge on any atom is 0.303 e. The molecule has 3 heteroatoms. The molecule has 0 amide bonds. The van der Waals surface area contributed by atoms with Crippen molar-refractivity contribution in [3.05, 3.63) is 0 Å². The fourth-order valence-electron chi connectivity index (χ4n) is 7.76.